The van der Waals surface area contributed by atoms with Gasteiger partial charge in [-0.1, -0.05) is 18.6 Å². The number of anilines is 1. The molecular weight excluding hydrogens is 392 g/mol. The van der Waals surface area contributed by atoms with E-state index >= 15 is 0 Å². The number of benzene rings is 1. The Balaban J connectivity index is 1.26. The summed E-state index contributed by atoms with van der Waals surface area (Å²) in [5.74, 6) is 0.879. The van der Waals surface area contributed by atoms with Crippen LogP contribution in [0, 0.1) is 0 Å². The molecule has 8 heteroatoms. The first-order chi connectivity index (χ1) is 15.1. The fraction of sp³-hybridized carbons (Fsp3) is 0.478. The van der Waals surface area contributed by atoms with E-state index in [4.69, 9.17) is 4.98 Å². The molecule has 2 aliphatic rings. The number of carbonyl (C=O) groups is 1. The topological polar surface area (TPSA) is 76.3 Å². The Morgan fingerprint density at radius 1 is 1.03 bits per heavy atom. The van der Waals surface area contributed by atoms with Crippen LogP contribution in [-0.2, 0) is 31.2 Å². The number of piperazine rings is 1. The van der Waals surface area contributed by atoms with Crippen LogP contribution in [0.25, 0.3) is 11.0 Å². The zero-order valence-corrected chi connectivity index (χ0v) is 18.0. The van der Waals surface area contributed by atoms with Gasteiger partial charge in [-0.15, -0.1) is 0 Å². The van der Waals surface area contributed by atoms with Gasteiger partial charge in [0.15, 0.2) is 0 Å². The van der Waals surface area contributed by atoms with Gasteiger partial charge in [0.25, 0.3) is 5.56 Å². The molecule has 0 unspecified atom stereocenters. The van der Waals surface area contributed by atoms with Gasteiger partial charge in [-0.25, -0.2) is 9.67 Å². The lowest BCUT2D eigenvalue weighted by Gasteiger charge is -2.35. The summed E-state index contributed by atoms with van der Waals surface area (Å²) < 4.78 is 3.45. The second-order valence-electron chi connectivity index (χ2n) is 8.50. The second kappa shape index (κ2) is 8.17. The third-order valence-electron chi connectivity index (χ3n) is 6.49. The molecule has 0 radical (unpaired) electrons. The van der Waals surface area contributed by atoms with Crippen LogP contribution in [0.2, 0.25) is 0 Å². The van der Waals surface area contributed by atoms with Crippen LogP contribution in [0.4, 0.5) is 5.95 Å². The molecule has 1 aliphatic heterocycles. The maximum absolute atomic E-state index is 12.9. The van der Waals surface area contributed by atoms with Crippen LogP contribution < -0.4 is 10.5 Å². The van der Waals surface area contributed by atoms with Gasteiger partial charge in [0.1, 0.15) is 6.54 Å². The first-order valence-electron chi connectivity index (χ1n) is 11.1. The van der Waals surface area contributed by atoms with Gasteiger partial charge >= 0.3 is 0 Å². The van der Waals surface area contributed by atoms with E-state index in [9.17, 15) is 9.59 Å². The highest BCUT2D eigenvalue weighted by atomic mass is 16.2. The molecule has 1 aliphatic carbocycles. The van der Waals surface area contributed by atoms with Crippen LogP contribution in [-0.4, -0.2) is 56.3 Å². The number of para-hydroxylation sites is 2. The van der Waals surface area contributed by atoms with Gasteiger partial charge in [-0.2, -0.15) is 5.10 Å². The smallest absolute Gasteiger partial charge is 0.267 e. The van der Waals surface area contributed by atoms with Crippen LogP contribution in [0.15, 0.2) is 35.1 Å². The second-order valence-corrected chi connectivity index (χ2v) is 8.50. The molecule has 0 bridgehead atoms. The zero-order chi connectivity index (χ0) is 21.4. The monoisotopic (exact) mass is 420 g/mol. The normalized spacial score (nSPS) is 16.9. The van der Waals surface area contributed by atoms with E-state index in [0.29, 0.717) is 13.1 Å². The van der Waals surface area contributed by atoms with Gasteiger partial charge < -0.3 is 14.4 Å². The first-order valence-corrected chi connectivity index (χ1v) is 11.1. The van der Waals surface area contributed by atoms with Crippen molar-refractivity contribution in [1.82, 2.24) is 24.2 Å². The first kappa shape index (κ1) is 19.8. The number of hydrogen-bond donors (Lipinski definition) is 0. The molecule has 162 valence electrons. The highest BCUT2D eigenvalue weighted by Gasteiger charge is 2.25. The molecule has 0 N–H and O–H groups in total. The maximum atomic E-state index is 12.9. The van der Waals surface area contributed by atoms with E-state index in [-0.39, 0.29) is 18.0 Å². The molecule has 0 saturated carbocycles. The van der Waals surface area contributed by atoms with E-state index < -0.39 is 0 Å². The Labute approximate surface area is 181 Å². The fourth-order valence-electron chi connectivity index (χ4n) is 4.69. The summed E-state index contributed by atoms with van der Waals surface area (Å²) in [6.07, 6.45) is 5.17. The molecule has 1 amide bonds. The predicted octanol–water partition coefficient (Wildman–Crippen LogP) is 1.75. The van der Waals surface area contributed by atoms with Crippen LogP contribution >= 0.6 is 0 Å². The summed E-state index contributed by atoms with van der Waals surface area (Å²) in [5.41, 5.74) is 3.95. The van der Waals surface area contributed by atoms with Crippen LogP contribution in [0.1, 0.15) is 30.5 Å². The number of fused-ring (bicyclic) bond motifs is 2. The Morgan fingerprint density at radius 2 is 1.81 bits per heavy atom. The largest absolute Gasteiger partial charge is 0.339 e. The molecule has 3 heterocycles. The number of rotatable bonds is 3. The Hall–Kier alpha value is -3.16. The zero-order valence-electron chi connectivity index (χ0n) is 18.0. The summed E-state index contributed by atoms with van der Waals surface area (Å²) >= 11 is 0. The Kier molecular flexibility index (Phi) is 5.21. The van der Waals surface area contributed by atoms with Gasteiger partial charge in [-0.05, 0) is 43.4 Å². The maximum Gasteiger partial charge on any atom is 0.267 e. The molecule has 1 fully saturated rings. The number of hydrogen-bond acceptors (Lipinski definition) is 5. The standard InChI is InChI=1S/C23H28N6O2/c1-26-20-10-6-5-9-19(20)24-23(26)28-13-11-27(12-14-28)22(31)16-29-21(30)15-17-7-3-2-4-8-18(17)25-29/h5-6,9-10,15H,2-4,7-8,11-14,16H2,1H3. The summed E-state index contributed by atoms with van der Waals surface area (Å²) in [6, 6.07) is 9.78. The van der Waals surface area contributed by atoms with Gasteiger partial charge in [0, 0.05) is 39.3 Å². The van der Waals surface area contributed by atoms with E-state index in [2.05, 4.69) is 20.6 Å². The van der Waals surface area contributed by atoms with E-state index in [1.54, 1.807) is 6.07 Å². The highest BCUT2D eigenvalue weighted by Crippen LogP contribution is 2.22. The quantitative estimate of drug-likeness (QED) is 0.604. The lowest BCUT2D eigenvalue weighted by molar-refractivity contribution is -0.132. The number of carbonyl (C=O) groups excluding carboxylic acids is 1. The third kappa shape index (κ3) is 3.82. The fourth-order valence-corrected chi connectivity index (χ4v) is 4.69. The van der Waals surface area contributed by atoms with Crippen molar-refractivity contribution in [2.24, 2.45) is 7.05 Å². The van der Waals surface area contributed by atoms with Gasteiger partial charge in [-0.3, -0.25) is 9.59 Å². The van der Waals surface area contributed by atoms with Crippen molar-refractivity contribution < 1.29 is 4.79 Å². The van der Waals surface area contributed by atoms with Crippen molar-refractivity contribution in [3.8, 4) is 0 Å². The molecule has 31 heavy (non-hydrogen) atoms. The van der Waals surface area contributed by atoms with Crippen molar-refractivity contribution >= 4 is 22.9 Å². The number of nitrogens with zero attached hydrogens (tertiary/aromatic N) is 6. The molecule has 8 nitrogen and oxygen atoms in total. The van der Waals surface area contributed by atoms with Crippen molar-refractivity contribution in [2.75, 3.05) is 31.1 Å². The third-order valence-corrected chi connectivity index (χ3v) is 6.49. The molecule has 2 aromatic heterocycles. The average molecular weight is 421 g/mol. The Bertz CT molecular complexity index is 1170. The summed E-state index contributed by atoms with van der Waals surface area (Å²) in [6.45, 7) is 2.67. The molecule has 5 rings (SSSR count). The summed E-state index contributed by atoms with van der Waals surface area (Å²) in [5, 5.41) is 4.54. The van der Waals surface area contributed by atoms with Gasteiger partial charge in [0.2, 0.25) is 11.9 Å². The summed E-state index contributed by atoms with van der Waals surface area (Å²) in [4.78, 5) is 34.2. The lowest BCUT2D eigenvalue weighted by atomic mass is 10.1. The molecule has 3 aromatic rings. The molecule has 1 saturated heterocycles. The van der Waals surface area contributed by atoms with Crippen molar-refractivity contribution in [3.05, 3.63) is 51.9 Å². The molecule has 0 atom stereocenters. The van der Waals surface area contributed by atoms with Crippen LogP contribution in [0.5, 0.6) is 0 Å². The van der Waals surface area contributed by atoms with Crippen molar-refractivity contribution in [1.29, 1.82) is 0 Å². The summed E-state index contributed by atoms with van der Waals surface area (Å²) in [7, 11) is 2.03. The highest BCUT2D eigenvalue weighted by molar-refractivity contribution is 5.79. The minimum absolute atomic E-state index is 0.0123. The van der Waals surface area contributed by atoms with Crippen molar-refractivity contribution in [2.45, 2.75) is 38.6 Å². The van der Waals surface area contributed by atoms with E-state index in [1.165, 1.54) is 11.1 Å². The van der Waals surface area contributed by atoms with E-state index in [0.717, 1.165) is 67.0 Å². The average Bonchev–Trinajstić information content (AvgIpc) is 2.96. The number of imidazole rings is 1. The van der Waals surface area contributed by atoms with Crippen LogP contribution in [0.3, 0.4) is 0 Å². The molecule has 1 aromatic carbocycles. The van der Waals surface area contributed by atoms with Crippen molar-refractivity contribution in [3.63, 3.8) is 0 Å². The molecular formula is C23H28N6O2. The molecule has 0 spiro atoms. The number of amides is 1. The predicted molar refractivity (Wildman–Crippen MR) is 119 cm³/mol. The SMILES string of the molecule is Cn1c(N2CCN(C(=O)Cn3nc4c(cc3=O)CCCCC4)CC2)nc2ccccc21. The minimum Gasteiger partial charge on any atom is -0.339 e. The van der Waals surface area contributed by atoms with Gasteiger partial charge in [0.05, 0.1) is 16.7 Å². The van der Waals surface area contributed by atoms with E-state index in [1.807, 2.05) is 30.1 Å². The lowest BCUT2D eigenvalue weighted by Crippen LogP contribution is -2.50. The Morgan fingerprint density at radius 3 is 2.61 bits per heavy atom. The number of aromatic nitrogens is 4. The number of aryl methyl sites for hydroxylation is 3. The minimum atomic E-state index is -0.174.